The number of urea groups is 1. The predicted octanol–water partition coefficient (Wildman–Crippen LogP) is 6.06. The summed E-state index contributed by atoms with van der Waals surface area (Å²) < 4.78 is 6.43. The summed E-state index contributed by atoms with van der Waals surface area (Å²) in [6.07, 6.45) is 13.1. The Kier molecular flexibility index (Phi) is 16.3. The number of carbonyl (C=O) groups excluding carboxylic acids is 3. The zero-order valence-electron chi connectivity index (χ0n) is 38.2. The Hall–Kier alpha value is -6.06. The summed E-state index contributed by atoms with van der Waals surface area (Å²) in [6.45, 7) is 14.9. The quantitative estimate of drug-likeness (QED) is 0.0712. The molecule has 2 unspecified atom stereocenters. The van der Waals surface area contributed by atoms with Gasteiger partial charge in [-0.25, -0.2) is 9.78 Å². The molecule has 64 heavy (non-hydrogen) atoms. The molecular formula is C49H68N10O5. The highest BCUT2D eigenvalue weighted by molar-refractivity contribution is 5.96. The Labute approximate surface area is 377 Å². The second kappa shape index (κ2) is 22.0. The molecule has 3 amide bonds. The van der Waals surface area contributed by atoms with Gasteiger partial charge in [-0.05, 0) is 124 Å². The standard InChI is InChI=1S/C35H50N6O3.C14H18N4O2/c1-23-18-29(35(43)40-15-11-26(12-16-40)21-39-13-7-4-8-14-39)24(2)17-28(23)33-22-41(20-25(3)44-33)31(34(37)38)19-30(36)27-9-5-6-10-32(27)42;1-3-10-8-16-13-12(10)7-11(9-17-13)18(5-4-6-19)14(20)15-2/h5-6,9-10,17-19,25-26,33,42H,4,7-8,11-16,20-22,36-38H2,1-3H3;6-9H,3-5H2,1-2H3,(H,15,20)(H,16,17)/b30-19-;. The number of phenolic OH excluding ortho intramolecular Hbond substituents is 1. The number of morpholine rings is 1. The number of phenols is 1. The number of nitrogens with zero attached hydrogens (tertiary/aromatic N) is 5. The Morgan fingerprint density at radius 3 is 2.39 bits per heavy atom. The molecule has 15 nitrogen and oxygen atoms in total. The van der Waals surface area contributed by atoms with Crippen LogP contribution in [0.5, 0.6) is 5.75 Å². The van der Waals surface area contributed by atoms with Crippen molar-refractivity contribution in [2.24, 2.45) is 23.1 Å². The van der Waals surface area contributed by atoms with Crippen LogP contribution in [0.4, 0.5) is 10.5 Å². The van der Waals surface area contributed by atoms with E-state index in [4.69, 9.17) is 21.9 Å². The summed E-state index contributed by atoms with van der Waals surface area (Å²) in [4.78, 5) is 51.8. The average Bonchev–Trinajstić information content (AvgIpc) is 3.71. The Balaban J connectivity index is 0.000000284. The van der Waals surface area contributed by atoms with E-state index in [1.807, 2.05) is 50.1 Å². The monoisotopic (exact) mass is 877 g/mol. The summed E-state index contributed by atoms with van der Waals surface area (Å²) in [5.41, 5.74) is 26.6. The second-order valence-electron chi connectivity index (χ2n) is 17.3. The zero-order valence-corrected chi connectivity index (χ0v) is 38.2. The van der Waals surface area contributed by atoms with E-state index in [1.54, 1.807) is 37.5 Å². The van der Waals surface area contributed by atoms with E-state index in [-0.39, 0.29) is 35.7 Å². The molecule has 4 aromatic rings. The van der Waals surface area contributed by atoms with Gasteiger partial charge in [-0.2, -0.15) is 0 Å². The van der Waals surface area contributed by atoms with Crippen LogP contribution in [0.1, 0.15) is 96.7 Å². The number of hydrogen-bond donors (Lipinski definition) is 6. The van der Waals surface area contributed by atoms with Crippen molar-refractivity contribution < 1.29 is 24.2 Å². The van der Waals surface area contributed by atoms with Gasteiger partial charge in [0.1, 0.15) is 29.6 Å². The number of aromatic hydroxyl groups is 1. The summed E-state index contributed by atoms with van der Waals surface area (Å²) >= 11 is 0. The van der Waals surface area contributed by atoms with E-state index in [1.165, 1.54) is 43.8 Å². The normalized spacial score (nSPS) is 18.5. The number of hydrogen-bond acceptors (Lipinski definition) is 11. The third kappa shape index (κ3) is 11.5. The number of amides is 3. The first kappa shape index (κ1) is 47.4. The van der Waals surface area contributed by atoms with Gasteiger partial charge < -0.3 is 56.8 Å². The number of ether oxygens (including phenoxy) is 1. The van der Waals surface area contributed by atoms with Crippen LogP contribution in [0, 0.1) is 19.8 Å². The first-order chi connectivity index (χ1) is 30.8. The molecule has 3 aliphatic heterocycles. The number of rotatable bonds is 12. The first-order valence-corrected chi connectivity index (χ1v) is 22.7. The maximum absolute atomic E-state index is 13.7. The number of H-pyrrole nitrogens is 1. The summed E-state index contributed by atoms with van der Waals surface area (Å²) in [5.74, 6) is 1.04. The van der Waals surface area contributed by atoms with Gasteiger partial charge >= 0.3 is 6.03 Å². The van der Waals surface area contributed by atoms with Crippen LogP contribution in [0.3, 0.4) is 0 Å². The number of aldehydes is 1. The summed E-state index contributed by atoms with van der Waals surface area (Å²) in [7, 11) is 1.57. The molecule has 7 rings (SSSR count). The van der Waals surface area contributed by atoms with Crippen molar-refractivity contribution in [1.29, 1.82) is 0 Å². The number of aryl methyl sites for hydroxylation is 3. The molecule has 2 atom stereocenters. The van der Waals surface area contributed by atoms with Gasteiger partial charge in [-0.1, -0.05) is 31.5 Å². The number of carbonyl (C=O) groups is 3. The van der Waals surface area contributed by atoms with Gasteiger partial charge in [0, 0.05) is 81.1 Å². The maximum Gasteiger partial charge on any atom is 0.321 e. The van der Waals surface area contributed by atoms with Gasteiger partial charge in [-0.3, -0.25) is 9.69 Å². The Morgan fingerprint density at radius 2 is 1.72 bits per heavy atom. The van der Waals surface area contributed by atoms with Gasteiger partial charge in [0.15, 0.2) is 0 Å². The maximum atomic E-state index is 13.7. The van der Waals surface area contributed by atoms with Gasteiger partial charge in [0.05, 0.1) is 23.7 Å². The molecule has 0 radical (unpaired) electrons. The van der Waals surface area contributed by atoms with E-state index in [0.717, 1.165) is 77.5 Å². The molecule has 2 aromatic heterocycles. The van der Waals surface area contributed by atoms with Crippen molar-refractivity contribution in [3.05, 3.63) is 106 Å². The number of fused-ring (bicyclic) bond motifs is 1. The fourth-order valence-corrected chi connectivity index (χ4v) is 9.18. The van der Waals surface area contributed by atoms with Crippen LogP contribution in [0.25, 0.3) is 16.7 Å². The lowest BCUT2D eigenvalue weighted by atomic mass is 9.92. The number of anilines is 1. The minimum Gasteiger partial charge on any atom is -0.507 e. The molecule has 0 saturated carbocycles. The van der Waals surface area contributed by atoms with Gasteiger partial charge in [0.25, 0.3) is 5.91 Å². The number of aromatic amines is 1. The molecule has 0 aliphatic carbocycles. The van der Waals surface area contributed by atoms with E-state index in [9.17, 15) is 19.5 Å². The highest BCUT2D eigenvalue weighted by Crippen LogP contribution is 2.33. The van der Waals surface area contributed by atoms with Gasteiger partial charge in [-0.15, -0.1) is 0 Å². The van der Waals surface area contributed by atoms with E-state index >= 15 is 0 Å². The third-order valence-electron chi connectivity index (χ3n) is 12.7. The fraction of sp³-hybridized carbons (Fsp3) is 0.469. The van der Waals surface area contributed by atoms with Crippen LogP contribution < -0.4 is 27.4 Å². The van der Waals surface area contributed by atoms with Gasteiger partial charge in [0.2, 0.25) is 0 Å². The molecule has 3 fully saturated rings. The molecular weight excluding hydrogens is 809 g/mol. The summed E-state index contributed by atoms with van der Waals surface area (Å²) in [5, 5.41) is 13.9. The number of nitrogens with one attached hydrogen (secondary N) is 2. The Morgan fingerprint density at radius 1 is 0.984 bits per heavy atom. The molecule has 344 valence electrons. The largest absolute Gasteiger partial charge is 0.507 e. The number of likely N-dealkylation sites (tertiary alicyclic amines) is 2. The highest BCUT2D eigenvalue weighted by atomic mass is 16.5. The van der Waals surface area contributed by atoms with Crippen molar-refractivity contribution in [3.63, 3.8) is 0 Å². The van der Waals surface area contributed by atoms with Crippen LogP contribution in [0.15, 0.2) is 72.5 Å². The van der Waals surface area contributed by atoms with Crippen LogP contribution in [-0.2, 0) is 16.0 Å². The molecule has 3 saturated heterocycles. The van der Waals surface area contributed by atoms with Crippen molar-refractivity contribution >= 4 is 40.6 Å². The number of aromatic nitrogens is 2. The van der Waals surface area contributed by atoms with Crippen LogP contribution in [0.2, 0.25) is 0 Å². The smallest absolute Gasteiger partial charge is 0.321 e. The molecule has 15 heteroatoms. The van der Waals surface area contributed by atoms with E-state index in [2.05, 4.69) is 38.1 Å². The highest BCUT2D eigenvalue weighted by Gasteiger charge is 2.31. The lowest BCUT2D eigenvalue weighted by molar-refractivity contribution is -0.107. The third-order valence-corrected chi connectivity index (χ3v) is 12.7. The Bertz CT molecular complexity index is 2310. The lowest BCUT2D eigenvalue weighted by Crippen LogP contribution is -2.43. The predicted molar refractivity (Wildman–Crippen MR) is 253 cm³/mol. The molecule has 3 aliphatic rings. The summed E-state index contributed by atoms with van der Waals surface area (Å²) in [6, 6.07) is 12.7. The second-order valence-corrected chi connectivity index (χ2v) is 17.3. The van der Waals surface area contributed by atoms with Crippen molar-refractivity contribution in [2.45, 2.75) is 84.8 Å². The number of allylic oxidation sites excluding steroid dienone is 1. The van der Waals surface area contributed by atoms with E-state index in [0.29, 0.717) is 54.6 Å². The molecule has 2 aromatic carbocycles. The molecule has 0 spiro atoms. The van der Waals surface area contributed by atoms with E-state index < -0.39 is 0 Å². The van der Waals surface area contributed by atoms with Crippen molar-refractivity contribution in [3.8, 4) is 5.75 Å². The lowest BCUT2D eigenvalue weighted by Gasteiger charge is -2.40. The first-order valence-electron chi connectivity index (χ1n) is 22.7. The molecule has 0 bridgehead atoms. The average molecular weight is 877 g/mol. The minimum absolute atomic E-state index is 0.0898. The number of para-hydroxylation sites is 1. The van der Waals surface area contributed by atoms with Crippen molar-refractivity contribution in [2.75, 3.05) is 64.3 Å². The number of pyridine rings is 1. The topological polar surface area (TPSA) is 212 Å². The molecule has 5 heterocycles. The number of nitrogens with two attached hydrogens (primary N) is 3. The zero-order chi connectivity index (χ0) is 45.9. The molecule has 9 N–H and O–H groups in total. The van der Waals surface area contributed by atoms with Crippen molar-refractivity contribution in [1.82, 2.24) is 30.0 Å². The minimum atomic E-state index is -0.249. The van der Waals surface area contributed by atoms with Crippen LogP contribution in [-0.4, -0.2) is 114 Å². The van der Waals surface area contributed by atoms with Crippen LogP contribution >= 0.6 is 0 Å². The fourth-order valence-electron chi connectivity index (χ4n) is 9.18. The number of benzene rings is 2. The SMILES string of the molecule is CCc1c[nH]c2ncc(N(CCC=O)C(=O)NC)cc12.Cc1cc(C2CN(C(/C=C(\N)c3ccccc3O)=C(N)N)CC(C)O2)c(C)cc1C(=O)N1CCC(CN2CCCCC2)CC1. The number of piperidine rings is 2.